The lowest BCUT2D eigenvalue weighted by Gasteiger charge is -2.34. The first-order valence-corrected chi connectivity index (χ1v) is 12.5. The molecule has 1 saturated carbocycles. The zero-order chi connectivity index (χ0) is 26.4. The van der Waals surface area contributed by atoms with Crippen molar-refractivity contribution in [2.24, 2.45) is 5.92 Å². The number of Topliss-reactive ketones (excluding diaryl/α,β-unsaturated/α-hetero) is 1. The van der Waals surface area contributed by atoms with E-state index in [1.54, 1.807) is 48.5 Å². The number of nitrogens with zero attached hydrogens (tertiary/aromatic N) is 2. The fourth-order valence-corrected chi connectivity index (χ4v) is 4.98. The average Bonchev–Trinajstić information content (AvgIpc) is 3.53. The van der Waals surface area contributed by atoms with Gasteiger partial charge in [-0.05, 0) is 49.9 Å². The number of para-hydroxylation sites is 1. The predicted molar refractivity (Wildman–Crippen MR) is 140 cm³/mol. The summed E-state index contributed by atoms with van der Waals surface area (Å²) in [4.78, 5) is 39.5. The molecule has 3 aromatic rings. The van der Waals surface area contributed by atoms with Crippen molar-refractivity contribution in [3.63, 3.8) is 0 Å². The van der Waals surface area contributed by atoms with Crippen molar-refractivity contribution in [2.45, 2.75) is 45.1 Å². The van der Waals surface area contributed by atoms with E-state index < -0.39 is 17.7 Å². The number of carbonyl (C=O) groups excluding carboxylic acids is 3. The monoisotopic (exact) mass is 501 g/mol. The SMILES string of the molecule is CNC(=O)c1ccc(/C(O)=C2/C(=O)C(=O)N(c3ccccc3)C2C2CCCCC2)cc1.Cc1ccon1. The van der Waals surface area contributed by atoms with E-state index in [0.717, 1.165) is 37.8 Å². The molecule has 2 aromatic carbocycles. The summed E-state index contributed by atoms with van der Waals surface area (Å²) in [7, 11) is 1.55. The second-order valence-corrected chi connectivity index (χ2v) is 9.24. The van der Waals surface area contributed by atoms with E-state index >= 15 is 0 Å². The maximum atomic E-state index is 13.1. The molecule has 0 radical (unpaired) electrons. The number of hydrogen-bond donors (Lipinski definition) is 2. The first-order valence-electron chi connectivity index (χ1n) is 12.5. The Labute approximate surface area is 216 Å². The van der Waals surface area contributed by atoms with E-state index in [1.165, 1.54) is 0 Å². The van der Waals surface area contributed by atoms with Crippen LogP contribution in [-0.4, -0.2) is 41.0 Å². The van der Waals surface area contributed by atoms with Gasteiger partial charge in [0.1, 0.15) is 12.0 Å². The Hall–Kier alpha value is -4.20. The molecule has 8 nitrogen and oxygen atoms in total. The number of benzene rings is 2. The van der Waals surface area contributed by atoms with Crippen molar-refractivity contribution in [3.8, 4) is 0 Å². The molecule has 1 unspecified atom stereocenters. The van der Waals surface area contributed by atoms with Gasteiger partial charge < -0.3 is 14.9 Å². The zero-order valence-corrected chi connectivity index (χ0v) is 21.0. The summed E-state index contributed by atoms with van der Waals surface area (Å²) < 4.78 is 4.46. The van der Waals surface area contributed by atoms with Crippen LogP contribution in [0.4, 0.5) is 5.69 Å². The third-order valence-electron chi connectivity index (χ3n) is 6.83. The van der Waals surface area contributed by atoms with Gasteiger partial charge in [-0.3, -0.25) is 19.3 Å². The maximum Gasteiger partial charge on any atom is 0.299 e. The topological polar surface area (TPSA) is 113 Å². The Bertz CT molecular complexity index is 1260. The molecule has 37 heavy (non-hydrogen) atoms. The number of amides is 2. The molecular weight excluding hydrogens is 470 g/mol. The molecule has 1 saturated heterocycles. The summed E-state index contributed by atoms with van der Waals surface area (Å²) in [5, 5.41) is 17.2. The van der Waals surface area contributed by atoms with Gasteiger partial charge in [-0.2, -0.15) is 0 Å². The number of aliphatic hydroxyl groups is 1. The molecule has 1 aromatic heterocycles. The summed E-state index contributed by atoms with van der Waals surface area (Å²) in [6.45, 7) is 1.88. The van der Waals surface area contributed by atoms with Gasteiger partial charge in [0.25, 0.3) is 17.6 Å². The number of carbonyl (C=O) groups is 3. The normalized spacial score (nSPS) is 19.3. The molecule has 192 valence electrons. The lowest BCUT2D eigenvalue weighted by atomic mass is 9.80. The Morgan fingerprint density at radius 1 is 0.973 bits per heavy atom. The van der Waals surface area contributed by atoms with Crippen molar-refractivity contribution >= 4 is 29.0 Å². The van der Waals surface area contributed by atoms with Crippen LogP contribution in [0.15, 0.2) is 77.0 Å². The zero-order valence-electron chi connectivity index (χ0n) is 21.0. The number of anilines is 1. The van der Waals surface area contributed by atoms with E-state index in [4.69, 9.17) is 0 Å². The molecular formula is C29H31N3O5. The quantitative estimate of drug-likeness (QED) is 0.300. The van der Waals surface area contributed by atoms with Gasteiger partial charge in [0, 0.05) is 29.9 Å². The van der Waals surface area contributed by atoms with Crippen molar-refractivity contribution in [1.29, 1.82) is 0 Å². The summed E-state index contributed by atoms with van der Waals surface area (Å²) in [6.07, 6.45) is 6.59. The third-order valence-corrected chi connectivity index (χ3v) is 6.83. The second kappa shape index (κ2) is 11.7. The number of aromatic nitrogens is 1. The van der Waals surface area contributed by atoms with Gasteiger partial charge in [-0.15, -0.1) is 0 Å². The van der Waals surface area contributed by atoms with Crippen LogP contribution < -0.4 is 10.2 Å². The average molecular weight is 502 g/mol. The van der Waals surface area contributed by atoms with Gasteiger partial charge >= 0.3 is 0 Å². The highest BCUT2D eigenvalue weighted by Gasteiger charge is 2.49. The van der Waals surface area contributed by atoms with Crippen LogP contribution in [0.3, 0.4) is 0 Å². The predicted octanol–water partition coefficient (Wildman–Crippen LogP) is 4.86. The largest absolute Gasteiger partial charge is 0.507 e. The maximum absolute atomic E-state index is 13.1. The first kappa shape index (κ1) is 25.9. The Balaban J connectivity index is 0.000000469. The van der Waals surface area contributed by atoms with E-state index in [-0.39, 0.29) is 23.2 Å². The van der Waals surface area contributed by atoms with Crippen LogP contribution in [0.2, 0.25) is 0 Å². The smallest absolute Gasteiger partial charge is 0.299 e. The van der Waals surface area contributed by atoms with Gasteiger partial charge in [0.05, 0.1) is 17.3 Å². The van der Waals surface area contributed by atoms with Crippen LogP contribution in [-0.2, 0) is 9.59 Å². The lowest BCUT2D eigenvalue weighted by molar-refractivity contribution is -0.132. The van der Waals surface area contributed by atoms with Crippen LogP contribution >= 0.6 is 0 Å². The third kappa shape index (κ3) is 5.63. The molecule has 2 heterocycles. The highest BCUT2D eigenvalue weighted by atomic mass is 16.5. The highest BCUT2D eigenvalue weighted by Crippen LogP contribution is 2.41. The van der Waals surface area contributed by atoms with Crippen LogP contribution in [0.25, 0.3) is 5.76 Å². The summed E-state index contributed by atoms with van der Waals surface area (Å²) in [5.74, 6) is -1.58. The van der Waals surface area contributed by atoms with Gasteiger partial charge in [-0.1, -0.05) is 54.8 Å². The molecule has 1 aliphatic carbocycles. The summed E-state index contributed by atoms with van der Waals surface area (Å²) in [5.41, 5.74) is 2.62. The molecule has 2 N–H and O–H groups in total. The number of hydrogen-bond acceptors (Lipinski definition) is 6. The van der Waals surface area contributed by atoms with Crippen LogP contribution in [0, 0.1) is 12.8 Å². The van der Waals surface area contributed by atoms with Crippen molar-refractivity contribution < 1.29 is 24.0 Å². The van der Waals surface area contributed by atoms with E-state index in [1.807, 2.05) is 37.3 Å². The Morgan fingerprint density at radius 2 is 1.62 bits per heavy atom. The fourth-order valence-electron chi connectivity index (χ4n) is 4.98. The van der Waals surface area contributed by atoms with Crippen molar-refractivity contribution in [2.75, 3.05) is 11.9 Å². The number of aryl methyl sites for hydroxylation is 1. The molecule has 0 spiro atoms. The van der Waals surface area contributed by atoms with Gasteiger partial charge in [-0.25, -0.2) is 0 Å². The van der Waals surface area contributed by atoms with E-state index in [9.17, 15) is 19.5 Å². The second-order valence-electron chi connectivity index (χ2n) is 9.24. The standard InChI is InChI=1S/C25H26N2O4.C4H5NO/c1-26-24(30)18-14-12-17(13-15-18)22(28)20-21(16-8-4-2-5-9-16)27(25(31)23(20)29)19-10-6-3-7-11-19;1-4-2-3-6-5-4/h3,6-7,10-16,21,28H,2,4-5,8-9H2,1H3,(H,26,30);2-3H,1H3/b22-20-;. The van der Waals surface area contributed by atoms with Crippen molar-refractivity contribution in [1.82, 2.24) is 10.5 Å². The fraction of sp³-hybridized carbons (Fsp3) is 0.310. The van der Waals surface area contributed by atoms with Crippen LogP contribution in [0.5, 0.6) is 0 Å². The molecule has 1 aliphatic heterocycles. The Kier molecular flexibility index (Phi) is 8.18. The van der Waals surface area contributed by atoms with E-state index in [2.05, 4.69) is 15.0 Å². The van der Waals surface area contributed by atoms with Gasteiger partial charge in [0.2, 0.25) is 0 Å². The number of ketones is 1. The summed E-state index contributed by atoms with van der Waals surface area (Å²) in [6, 6.07) is 16.9. The minimum Gasteiger partial charge on any atom is -0.507 e. The molecule has 2 fully saturated rings. The number of aliphatic hydroxyl groups excluding tert-OH is 1. The molecule has 8 heteroatoms. The van der Waals surface area contributed by atoms with Crippen molar-refractivity contribution in [3.05, 3.63) is 89.3 Å². The summed E-state index contributed by atoms with van der Waals surface area (Å²) >= 11 is 0. The molecule has 2 aliphatic rings. The molecule has 5 rings (SSSR count). The lowest BCUT2D eigenvalue weighted by Crippen LogP contribution is -2.40. The van der Waals surface area contributed by atoms with E-state index in [0.29, 0.717) is 16.8 Å². The minimum atomic E-state index is -0.660. The molecule has 1 atom stereocenters. The van der Waals surface area contributed by atoms with Crippen LogP contribution in [0.1, 0.15) is 53.7 Å². The van der Waals surface area contributed by atoms with Gasteiger partial charge in [0.15, 0.2) is 0 Å². The highest BCUT2D eigenvalue weighted by molar-refractivity contribution is 6.51. The number of nitrogens with one attached hydrogen (secondary N) is 1. The molecule has 0 bridgehead atoms. The minimum absolute atomic E-state index is 0.103. The first-order chi connectivity index (χ1) is 17.9. The Morgan fingerprint density at radius 3 is 2.16 bits per heavy atom. The molecule has 2 amide bonds. The number of rotatable bonds is 4.